The van der Waals surface area contributed by atoms with Crippen LogP contribution in [0.25, 0.3) is 0 Å². The van der Waals surface area contributed by atoms with Crippen molar-refractivity contribution in [2.24, 2.45) is 0 Å². The van der Waals surface area contributed by atoms with Gasteiger partial charge in [0.1, 0.15) is 5.82 Å². The number of rotatable bonds is 5. The Morgan fingerprint density at radius 1 is 1.45 bits per heavy atom. The van der Waals surface area contributed by atoms with Gasteiger partial charge in [-0.25, -0.2) is 12.8 Å². The maximum Gasteiger partial charge on any atom is 0.243 e. The summed E-state index contributed by atoms with van der Waals surface area (Å²) in [5, 5.41) is 3.19. The van der Waals surface area contributed by atoms with Gasteiger partial charge in [-0.2, -0.15) is 4.31 Å². The lowest BCUT2D eigenvalue weighted by Gasteiger charge is -2.27. The quantitative estimate of drug-likeness (QED) is 0.903. The molecule has 6 heteroatoms. The smallest absolute Gasteiger partial charge is 0.243 e. The largest absolute Gasteiger partial charge is 0.315 e. The first-order valence-electron chi connectivity index (χ1n) is 6.95. The molecule has 112 valence electrons. The van der Waals surface area contributed by atoms with Crippen molar-refractivity contribution in [3.05, 3.63) is 29.6 Å². The summed E-state index contributed by atoms with van der Waals surface area (Å²) in [6, 6.07) is 3.97. The van der Waals surface area contributed by atoms with Crippen LogP contribution in [0.1, 0.15) is 25.3 Å². The number of halogens is 1. The summed E-state index contributed by atoms with van der Waals surface area (Å²) >= 11 is 0. The molecule has 1 unspecified atom stereocenters. The Bertz CT molecular complexity index is 569. The number of nitrogens with one attached hydrogen (secondary N) is 1. The average molecular weight is 300 g/mol. The Hall–Kier alpha value is -0.980. The predicted molar refractivity (Wildman–Crippen MR) is 76.6 cm³/mol. The minimum Gasteiger partial charge on any atom is -0.315 e. The Balaban J connectivity index is 2.36. The van der Waals surface area contributed by atoms with E-state index in [4.69, 9.17) is 0 Å². The number of nitrogens with zero attached hydrogens (tertiary/aromatic N) is 1. The van der Waals surface area contributed by atoms with E-state index in [1.807, 2.05) is 6.92 Å². The van der Waals surface area contributed by atoms with Crippen LogP contribution in [-0.2, 0) is 10.0 Å². The normalized spacial score (nSPS) is 19.7. The molecule has 2 rings (SSSR count). The van der Waals surface area contributed by atoms with E-state index in [1.165, 1.54) is 18.2 Å². The highest BCUT2D eigenvalue weighted by Gasteiger charge is 2.32. The van der Waals surface area contributed by atoms with E-state index in [2.05, 4.69) is 5.32 Å². The van der Waals surface area contributed by atoms with Crippen LogP contribution in [0.3, 0.4) is 0 Å². The fourth-order valence-corrected chi connectivity index (χ4v) is 4.35. The predicted octanol–water partition coefficient (Wildman–Crippen LogP) is 1.90. The molecule has 1 heterocycles. The summed E-state index contributed by atoms with van der Waals surface area (Å²) in [7, 11) is -3.56. The summed E-state index contributed by atoms with van der Waals surface area (Å²) in [5.74, 6) is -0.381. The van der Waals surface area contributed by atoms with Gasteiger partial charge in [-0.05, 0) is 50.1 Å². The second-order valence-corrected chi connectivity index (χ2v) is 7.06. The van der Waals surface area contributed by atoms with E-state index < -0.39 is 10.0 Å². The van der Waals surface area contributed by atoms with E-state index in [9.17, 15) is 12.8 Å². The van der Waals surface area contributed by atoms with Crippen LogP contribution >= 0.6 is 0 Å². The van der Waals surface area contributed by atoms with Crippen molar-refractivity contribution < 1.29 is 12.8 Å². The molecule has 0 spiro atoms. The van der Waals surface area contributed by atoms with Crippen LogP contribution < -0.4 is 5.32 Å². The van der Waals surface area contributed by atoms with E-state index in [1.54, 1.807) is 11.2 Å². The van der Waals surface area contributed by atoms with Crippen LogP contribution in [0.15, 0.2) is 23.1 Å². The molecule has 0 radical (unpaired) electrons. The maximum absolute atomic E-state index is 13.3. The van der Waals surface area contributed by atoms with Gasteiger partial charge in [0, 0.05) is 19.1 Å². The first-order valence-corrected chi connectivity index (χ1v) is 8.39. The molecule has 20 heavy (non-hydrogen) atoms. The fourth-order valence-electron chi connectivity index (χ4n) is 2.52. The molecule has 1 fully saturated rings. The van der Waals surface area contributed by atoms with Crippen molar-refractivity contribution in [1.29, 1.82) is 0 Å². The molecule has 1 aromatic carbocycles. The minimum atomic E-state index is -3.56. The maximum atomic E-state index is 13.3. The third kappa shape index (κ3) is 3.02. The van der Waals surface area contributed by atoms with Gasteiger partial charge in [-0.15, -0.1) is 0 Å². The molecule has 1 N–H and O–H groups in total. The Kier molecular flexibility index (Phi) is 4.78. The van der Waals surface area contributed by atoms with Gasteiger partial charge in [0.15, 0.2) is 0 Å². The molecule has 0 aliphatic carbocycles. The van der Waals surface area contributed by atoms with Crippen molar-refractivity contribution in [1.82, 2.24) is 9.62 Å². The SMILES string of the molecule is CCCN(C1CCNC1)S(=O)(=O)c1ccc(F)c(C)c1. The number of benzene rings is 1. The van der Waals surface area contributed by atoms with Gasteiger partial charge < -0.3 is 5.32 Å². The summed E-state index contributed by atoms with van der Waals surface area (Å²) in [4.78, 5) is 0.178. The Morgan fingerprint density at radius 3 is 2.75 bits per heavy atom. The molecule has 0 amide bonds. The van der Waals surface area contributed by atoms with Crippen LogP contribution in [0.2, 0.25) is 0 Å². The summed E-state index contributed by atoms with van der Waals surface area (Å²) in [6.45, 7) is 5.55. The van der Waals surface area contributed by atoms with Crippen LogP contribution in [-0.4, -0.2) is 38.4 Å². The molecule has 0 aromatic heterocycles. The van der Waals surface area contributed by atoms with Crippen molar-refractivity contribution in [2.45, 2.75) is 37.6 Å². The van der Waals surface area contributed by atoms with Gasteiger partial charge >= 0.3 is 0 Å². The van der Waals surface area contributed by atoms with Crippen LogP contribution in [0, 0.1) is 12.7 Å². The summed E-state index contributed by atoms with van der Waals surface area (Å²) in [5.41, 5.74) is 0.354. The molecule has 1 aliphatic heterocycles. The van der Waals surface area contributed by atoms with Crippen molar-refractivity contribution in [3.8, 4) is 0 Å². The molecule has 1 aromatic rings. The van der Waals surface area contributed by atoms with E-state index >= 15 is 0 Å². The summed E-state index contributed by atoms with van der Waals surface area (Å²) < 4.78 is 40.4. The topological polar surface area (TPSA) is 49.4 Å². The molecule has 0 bridgehead atoms. The Labute approximate surface area is 120 Å². The van der Waals surface area contributed by atoms with E-state index in [0.29, 0.717) is 18.7 Å². The zero-order chi connectivity index (χ0) is 14.8. The first-order chi connectivity index (χ1) is 9.46. The van der Waals surface area contributed by atoms with Gasteiger partial charge in [0.05, 0.1) is 4.90 Å². The highest BCUT2D eigenvalue weighted by molar-refractivity contribution is 7.89. The molecule has 1 aliphatic rings. The third-order valence-electron chi connectivity index (χ3n) is 3.62. The number of hydrogen-bond donors (Lipinski definition) is 1. The highest BCUT2D eigenvalue weighted by Crippen LogP contribution is 2.23. The van der Waals surface area contributed by atoms with Gasteiger partial charge in [0.25, 0.3) is 0 Å². The molecular weight excluding hydrogens is 279 g/mol. The van der Waals surface area contributed by atoms with Crippen LogP contribution in [0.4, 0.5) is 4.39 Å². The molecule has 1 saturated heterocycles. The average Bonchev–Trinajstić information content (AvgIpc) is 2.92. The fraction of sp³-hybridized carbons (Fsp3) is 0.571. The van der Waals surface area contributed by atoms with Crippen molar-refractivity contribution in [3.63, 3.8) is 0 Å². The molecule has 1 atom stereocenters. The van der Waals surface area contributed by atoms with Gasteiger partial charge in [0.2, 0.25) is 10.0 Å². The lowest BCUT2D eigenvalue weighted by Crippen LogP contribution is -2.42. The lowest BCUT2D eigenvalue weighted by atomic mass is 10.2. The number of sulfonamides is 1. The second-order valence-electron chi connectivity index (χ2n) is 5.17. The van der Waals surface area contributed by atoms with Crippen molar-refractivity contribution >= 4 is 10.0 Å². The summed E-state index contributed by atoms with van der Waals surface area (Å²) in [6.07, 6.45) is 1.58. The second kappa shape index (κ2) is 6.20. The van der Waals surface area contributed by atoms with E-state index in [0.717, 1.165) is 19.4 Å². The van der Waals surface area contributed by atoms with Crippen LogP contribution in [0.5, 0.6) is 0 Å². The molecule has 0 saturated carbocycles. The first kappa shape index (κ1) is 15.4. The highest BCUT2D eigenvalue weighted by atomic mass is 32.2. The van der Waals surface area contributed by atoms with E-state index in [-0.39, 0.29) is 16.8 Å². The number of hydrogen-bond acceptors (Lipinski definition) is 3. The minimum absolute atomic E-state index is 0.00897. The zero-order valence-corrected chi connectivity index (χ0v) is 12.7. The Morgan fingerprint density at radius 2 is 2.20 bits per heavy atom. The molecule has 4 nitrogen and oxygen atoms in total. The standard InChI is InChI=1S/C14H21FN2O2S/c1-3-8-17(12-6-7-16-10-12)20(18,19)13-4-5-14(15)11(2)9-13/h4-5,9,12,16H,3,6-8,10H2,1-2H3. The van der Waals surface area contributed by atoms with Crippen molar-refractivity contribution in [2.75, 3.05) is 19.6 Å². The zero-order valence-electron chi connectivity index (χ0n) is 11.9. The molecular formula is C14H21FN2O2S. The number of aryl methyl sites for hydroxylation is 1. The van der Waals surface area contributed by atoms with Gasteiger partial charge in [-0.3, -0.25) is 0 Å². The van der Waals surface area contributed by atoms with Gasteiger partial charge in [-0.1, -0.05) is 6.92 Å². The monoisotopic (exact) mass is 300 g/mol. The lowest BCUT2D eigenvalue weighted by molar-refractivity contribution is 0.335. The third-order valence-corrected chi connectivity index (χ3v) is 5.57.